The highest BCUT2D eigenvalue weighted by molar-refractivity contribution is 5.74. The lowest BCUT2D eigenvalue weighted by Gasteiger charge is -2.51. The Bertz CT molecular complexity index is 2820. The number of carbonyl (C=O) groups is 3. The lowest BCUT2D eigenvalue weighted by Crippen LogP contribution is -2.71. The third kappa shape index (κ3) is 19.1. The van der Waals surface area contributed by atoms with Gasteiger partial charge in [-0.25, -0.2) is 0 Å². The molecule has 0 saturated carbocycles. The summed E-state index contributed by atoms with van der Waals surface area (Å²) in [5.74, 6) is -2.85. The summed E-state index contributed by atoms with van der Waals surface area (Å²) in [5.41, 5.74) is 0. The SMILES string of the molecule is CC(=O)N[C@H]1[C@H](O[C@H]2[C@@H](O)[C@@H](CO[C@@H]3O[C@H](CO)[C@@H](O[C@@H]4O[C@H](CO)[C@H](O)[C@H](O)[C@H]4O[C@@H]4O[C@@H](C)[C@@H](O)[C@@H](O)[C@@H]4O)[C@H](O)[C@H]3NC(C)=O)O[C@@H](O[C@H]3[C@H](O)[C@@H](NC(C)=O)[C@H](O[C@H]4[C@@H](O)[C@@H](CO)O[C@@H](O[C@H]5[C@H](O)[C@@H](O)C(O)O[C@@H]5CO)[C@@H]4O)O[C@@H]3CO)[C@@H]2O)O[C@H](CO)[C@@H](O[C@@H]2O[C@H](CO)[C@H](O)[C@H](O)[C@H]2O)[C@@H]1O. The Morgan fingerprint density at radius 2 is 0.546 bits per heavy atom. The molecular formula is C60H101N3O45. The molecule has 0 radical (unpaired) electrons. The summed E-state index contributed by atoms with van der Waals surface area (Å²) in [4.78, 5) is 39.0. The number of aliphatic hydroxyl groups is 25. The van der Waals surface area contributed by atoms with Gasteiger partial charge in [-0.2, -0.15) is 0 Å². The molecule has 28 N–H and O–H groups in total. The zero-order valence-electron chi connectivity index (χ0n) is 58.0. The van der Waals surface area contributed by atoms with Gasteiger partial charge in [0.1, 0.15) is 213 Å². The molecule has 48 heteroatoms. The van der Waals surface area contributed by atoms with E-state index < -0.39 is 347 Å². The molecule has 626 valence electrons. The van der Waals surface area contributed by atoms with Crippen LogP contribution in [0.25, 0.3) is 0 Å². The summed E-state index contributed by atoms with van der Waals surface area (Å²) in [7, 11) is 0. The fourth-order valence-electron chi connectivity index (χ4n) is 14.0. The number of ether oxygens (including phenoxy) is 17. The molecule has 0 spiro atoms. The zero-order chi connectivity index (χ0) is 79.5. The third-order valence-electron chi connectivity index (χ3n) is 19.9. The monoisotopic (exact) mass is 1580 g/mol. The van der Waals surface area contributed by atoms with Crippen LogP contribution in [0, 0.1) is 0 Å². The lowest BCUT2D eigenvalue weighted by atomic mass is 9.93. The van der Waals surface area contributed by atoms with Gasteiger partial charge < -0.3 is 224 Å². The largest absolute Gasteiger partial charge is 0.394 e. The molecule has 3 amide bonds. The van der Waals surface area contributed by atoms with Gasteiger partial charge in [0, 0.05) is 20.8 Å². The van der Waals surface area contributed by atoms with Crippen molar-refractivity contribution in [3.8, 4) is 0 Å². The average Bonchev–Trinajstić information content (AvgIpc) is 0.767. The first-order valence-electron chi connectivity index (χ1n) is 34.5. The van der Waals surface area contributed by atoms with Crippen LogP contribution in [0.1, 0.15) is 27.7 Å². The number of amides is 3. The van der Waals surface area contributed by atoms with E-state index in [-0.39, 0.29) is 0 Å². The van der Waals surface area contributed by atoms with Crippen LogP contribution in [0.5, 0.6) is 0 Å². The van der Waals surface area contributed by atoms with Crippen molar-refractivity contribution in [3.63, 3.8) is 0 Å². The van der Waals surface area contributed by atoms with E-state index in [4.69, 9.17) is 80.5 Å². The first kappa shape index (κ1) is 88.7. The summed E-state index contributed by atoms with van der Waals surface area (Å²) < 4.78 is 99.5. The second-order valence-electron chi connectivity index (χ2n) is 27.4. The standard InChI is InChI=1S/C60H101N3O45/c1-13-28(74)36(82)41(87)56(93-13)108-51-38(84)30(76)18(6-65)97-60(51)105-47-21(9-68)98-53(25(33(47)79)61-14(2)71)92-12-24-32(78)50(107-55-26(62-15(3)72)34(80)45(22(10-69)99-55)102-57-42(88)37(83)29(75)17(5-64)95-57)44(90)59(101-24)103-46-23(11-70)100-54(27(35(46)81)63-16(4)73)106-49-31(77)19(7-66)96-58(43(49)89)104-48-20(8-67)94-52(91)40(86)39(48)85/h13,17-60,64-70,74-91H,5-12H2,1-4H3,(H,61,71)(H,62,72)(H,63,73)/t13-,17+,18+,19+,20+,21+,22+,23+,24+,25+,26+,27+,28+,29-,30-,31-,32-,33+,34+,35+,36+,37-,38-,39+,40+,41-,42+,43+,44+,45+,46+,47+,48+,49-,50-,51+,52?,53+,54-,55-,56-,57-,58-,59-,60-/m0/s1. The Balaban J connectivity index is 1.01. The second kappa shape index (κ2) is 38.5. The first-order valence-corrected chi connectivity index (χ1v) is 34.5. The van der Waals surface area contributed by atoms with E-state index >= 15 is 0 Å². The van der Waals surface area contributed by atoms with Crippen molar-refractivity contribution >= 4 is 17.7 Å². The van der Waals surface area contributed by atoms with Crippen molar-refractivity contribution in [2.75, 3.05) is 52.9 Å². The topological polar surface area (TPSA) is 750 Å². The molecule has 9 rings (SSSR count). The summed E-state index contributed by atoms with van der Waals surface area (Å²) in [6.45, 7) is -4.48. The van der Waals surface area contributed by atoms with Crippen molar-refractivity contribution in [2.24, 2.45) is 0 Å². The molecule has 0 aliphatic carbocycles. The van der Waals surface area contributed by atoms with Gasteiger partial charge in [0.2, 0.25) is 17.7 Å². The quantitative estimate of drug-likeness (QED) is 0.0363. The Morgan fingerprint density at radius 1 is 0.259 bits per heavy atom. The zero-order valence-corrected chi connectivity index (χ0v) is 58.0. The Hall–Kier alpha value is -3.27. The number of hydrogen-bond donors (Lipinski definition) is 28. The number of carbonyl (C=O) groups excluding carboxylic acids is 3. The normalized spacial score (nSPS) is 50.4. The molecular weight excluding hydrogens is 1480 g/mol. The smallest absolute Gasteiger partial charge is 0.217 e. The minimum absolute atomic E-state index is 0.926. The van der Waals surface area contributed by atoms with Crippen LogP contribution >= 0.6 is 0 Å². The Kier molecular flexibility index (Phi) is 31.6. The fraction of sp³-hybridized carbons (Fsp3) is 0.950. The van der Waals surface area contributed by atoms with Gasteiger partial charge in [-0.1, -0.05) is 0 Å². The minimum Gasteiger partial charge on any atom is -0.394 e. The van der Waals surface area contributed by atoms with Crippen molar-refractivity contribution < 1.29 is 223 Å². The van der Waals surface area contributed by atoms with Crippen molar-refractivity contribution in [1.82, 2.24) is 16.0 Å². The number of aliphatic hydroxyl groups excluding tert-OH is 25. The summed E-state index contributed by atoms with van der Waals surface area (Å²) in [6.07, 6.45) is -84.3. The Morgan fingerprint density at radius 3 is 0.972 bits per heavy atom. The highest BCUT2D eigenvalue weighted by Gasteiger charge is 2.61. The van der Waals surface area contributed by atoms with E-state index in [0.29, 0.717) is 0 Å². The van der Waals surface area contributed by atoms with Gasteiger partial charge >= 0.3 is 0 Å². The van der Waals surface area contributed by atoms with Gasteiger partial charge in [-0.05, 0) is 6.92 Å². The van der Waals surface area contributed by atoms with Gasteiger partial charge in [0.05, 0.1) is 59.0 Å². The maximum Gasteiger partial charge on any atom is 0.217 e. The third-order valence-corrected chi connectivity index (χ3v) is 19.9. The van der Waals surface area contributed by atoms with Crippen LogP contribution in [0.15, 0.2) is 0 Å². The van der Waals surface area contributed by atoms with E-state index in [2.05, 4.69) is 16.0 Å². The van der Waals surface area contributed by atoms with Gasteiger partial charge in [-0.15, -0.1) is 0 Å². The molecule has 0 aromatic heterocycles. The van der Waals surface area contributed by atoms with Gasteiger partial charge in [0.25, 0.3) is 0 Å². The highest BCUT2D eigenvalue weighted by Crippen LogP contribution is 2.40. The molecule has 1 unspecified atom stereocenters. The predicted molar refractivity (Wildman–Crippen MR) is 330 cm³/mol. The summed E-state index contributed by atoms with van der Waals surface area (Å²) >= 11 is 0. The number of nitrogens with one attached hydrogen (secondary N) is 3. The molecule has 0 aromatic carbocycles. The van der Waals surface area contributed by atoms with Crippen molar-refractivity contribution in [3.05, 3.63) is 0 Å². The van der Waals surface area contributed by atoms with Crippen LogP contribution in [0.4, 0.5) is 0 Å². The van der Waals surface area contributed by atoms with Crippen molar-refractivity contribution in [1.29, 1.82) is 0 Å². The maximum absolute atomic E-state index is 13.0. The van der Waals surface area contributed by atoms with E-state index in [1.807, 2.05) is 0 Å². The van der Waals surface area contributed by atoms with E-state index in [1.165, 1.54) is 6.92 Å². The van der Waals surface area contributed by atoms with Crippen LogP contribution in [0.3, 0.4) is 0 Å². The van der Waals surface area contributed by atoms with Crippen LogP contribution in [-0.4, -0.2) is 474 Å². The summed E-state index contributed by atoms with van der Waals surface area (Å²) in [6, 6.07) is -5.81. The van der Waals surface area contributed by atoms with E-state index in [9.17, 15) is 142 Å². The average molecular weight is 1580 g/mol. The van der Waals surface area contributed by atoms with Crippen LogP contribution in [0.2, 0.25) is 0 Å². The number of hydrogen-bond acceptors (Lipinski definition) is 45. The first-order chi connectivity index (χ1) is 51.1. The molecule has 9 heterocycles. The maximum atomic E-state index is 13.0. The van der Waals surface area contributed by atoms with Crippen LogP contribution < -0.4 is 16.0 Å². The predicted octanol–water partition coefficient (Wildman–Crippen LogP) is -19.2. The van der Waals surface area contributed by atoms with E-state index in [1.54, 1.807) is 0 Å². The van der Waals surface area contributed by atoms with Crippen molar-refractivity contribution in [2.45, 2.75) is 304 Å². The highest BCUT2D eigenvalue weighted by atomic mass is 16.8. The van der Waals surface area contributed by atoms with E-state index in [0.717, 1.165) is 20.8 Å². The molecule has 48 nitrogen and oxygen atoms in total. The fourth-order valence-corrected chi connectivity index (χ4v) is 14.0. The molecule has 0 bridgehead atoms. The molecule has 9 saturated heterocycles. The van der Waals surface area contributed by atoms with Gasteiger partial charge in [0.15, 0.2) is 56.6 Å². The molecule has 0 aromatic rings. The van der Waals surface area contributed by atoms with Gasteiger partial charge in [-0.3, -0.25) is 14.4 Å². The molecule has 9 aliphatic rings. The molecule has 108 heavy (non-hydrogen) atoms. The molecule has 9 fully saturated rings. The molecule has 45 atom stereocenters. The minimum atomic E-state index is -2.49. The molecule has 9 aliphatic heterocycles. The number of rotatable bonds is 27. The van der Waals surface area contributed by atoms with Crippen LogP contribution in [-0.2, 0) is 94.9 Å². The Labute approximate surface area is 611 Å². The lowest BCUT2D eigenvalue weighted by molar-refractivity contribution is -0.390. The second-order valence-corrected chi connectivity index (χ2v) is 27.4. The summed E-state index contributed by atoms with van der Waals surface area (Å²) in [5, 5.41) is 282.